The number of para-hydroxylation sites is 1. The number of hydrogen-bond acceptors (Lipinski definition) is 5. The van der Waals surface area contributed by atoms with E-state index in [1.807, 2.05) is 23.1 Å². The van der Waals surface area contributed by atoms with Crippen LogP contribution in [0.5, 0.6) is 0 Å². The molecular formula is C21H24ClN3O4S. The number of rotatable bonds is 5. The zero-order valence-electron chi connectivity index (χ0n) is 16.7. The topological polar surface area (TPSA) is 79.0 Å². The summed E-state index contributed by atoms with van der Waals surface area (Å²) in [6, 6.07) is 12.6. The van der Waals surface area contributed by atoms with Crippen LogP contribution in [0.1, 0.15) is 12.5 Å². The summed E-state index contributed by atoms with van der Waals surface area (Å²) in [6.45, 7) is 3.58. The van der Waals surface area contributed by atoms with E-state index < -0.39 is 10.0 Å². The Bertz CT molecular complexity index is 1050. The van der Waals surface area contributed by atoms with Crippen LogP contribution in [-0.2, 0) is 26.0 Å². The van der Waals surface area contributed by atoms with Crippen LogP contribution in [0.3, 0.4) is 0 Å². The van der Waals surface area contributed by atoms with Gasteiger partial charge in [0.15, 0.2) is 0 Å². The molecule has 1 N–H and O–H groups in total. The molecule has 1 atom stereocenters. The van der Waals surface area contributed by atoms with Gasteiger partial charge in [0.1, 0.15) is 0 Å². The highest BCUT2D eigenvalue weighted by Gasteiger charge is 2.29. The highest BCUT2D eigenvalue weighted by molar-refractivity contribution is 7.89. The SMILES string of the molecule is CC1Cc2ccccc2N1CC(=O)Nc1cc(S(=O)(=O)N2CCOCC2)ccc1Cl. The lowest BCUT2D eigenvalue weighted by atomic mass is 10.1. The average Bonchev–Trinajstić information content (AvgIpc) is 3.05. The van der Waals surface area contributed by atoms with Crippen LogP contribution in [-0.4, -0.2) is 57.5 Å². The molecule has 1 unspecified atom stereocenters. The van der Waals surface area contributed by atoms with Crippen LogP contribution in [0, 0.1) is 0 Å². The number of nitrogens with one attached hydrogen (secondary N) is 1. The molecule has 2 aromatic rings. The number of halogens is 1. The fourth-order valence-electron chi connectivity index (χ4n) is 3.91. The molecule has 2 aromatic carbocycles. The summed E-state index contributed by atoms with van der Waals surface area (Å²) in [5.41, 5.74) is 2.56. The van der Waals surface area contributed by atoms with Gasteiger partial charge >= 0.3 is 0 Å². The Morgan fingerprint density at radius 2 is 1.93 bits per heavy atom. The Labute approximate surface area is 181 Å². The van der Waals surface area contributed by atoms with Crippen molar-refractivity contribution in [3.8, 4) is 0 Å². The summed E-state index contributed by atoms with van der Waals surface area (Å²) >= 11 is 6.25. The minimum atomic E-state index is -3.68. The largest absolute Gasteiger partial charge is 0.379 e. The van der Waals surface area contributed by atoms with E-state index in [1.54, 1.807) is 0 Å². The normalized spacial score (nSPS) is 19.5. The van der Waals surface area contributed by atoms with Gasteiger partial charge in [-0.3, -0.25) is 4.79 Å². The zero-order valence-corrected chi connectivity index (χ0v) is 18.2. The van der Waals surface area contributed by atoms with Gasteiger partial charge in [-0.25, -0.2) is 8.42 Å². The van der Waals surface area contributed by atoms with Crippen LogP contribution in [0.2, 0.25) is 5.02 Å². The number of morpholine rings is 1. The van der Waals surface area contributed by atoms with Crippen LogP contribution < -0.4 is 10.2 Å². The van der Waals surface area contributed by atoms with E-state index in [0.717, 1.165) is 12.1 Å². The van der Waals surface area contributed by atoms with Crippen molar-refractivity contribution in [1.29, 1.82) is 0 Å². The van der Waals surface area contributed by atoms with Gasteiger partial charge in [-0.2, -0.15) is 4.31 Å². The third-order valence-electron chi connectivity index (χ3n) is 5.48. The number of amides is 1. The van der Waals surface area contributed by atoms with Gasteiger partial charge in [-0.1, -0.05) is 29.8 Å². The maximum absolute atomic E-state index is 12.9. The molecule has 0 radical (unpaired) electrons. The third-order valence-corrected chi connectivity index (χ3v) is 7.71. The number of nitrogens with zero attached hydrogens (tertiary/aromatic N) is 2. The molecule has 0 aromatic heterocycles. The Hall–Kier alpha value is -2.13. The molecule has 9 heteroatoms. The number of sulfonamides is 1. The monoisotopic (exact) mass is 449 g/mol. The maximum Gasteiger partial charge on any atom is 0.243 e. The molecule has 2 aliphatic rings. The maximum atomic E-state index is 12.9. The second-order valence-corrected chi connectivity index (χ2v) is 9.86. The molecule has 0 saturated carbocycles. The van der Waals surface area contributed by atoms with E-state index in [4.69, 9.17) is 16.3 Å². The summed E-state index contributed by atoms with van der Waals surface area (Å²) in [4.78, 5) is 14.9. The summed E-state index contributed by atoms with van der Waals surface area (Å²) in [6.07, 6.45) is 0.886. The minimum Gasteiger partial charge on any atom is -0.379 e. The van der Waals surface area contributed by atoms with Gasteiger partial charge in [0.05, 0.1) is 35.4 Å². The number of hydrogen-bond donors (Lipinski definition) is 1. The van der Waals surface area contributed by atoms with Gasteiger partial charge in [0, 0.05) is 24.8 Å². The van der Waals surface area contributed by atoms with E-state index in [-0.39, 0.29) is 29.1 Å². The summed E-state index contributed by atoms with van der Waals surface area (Å²) in [5, 5.41) is 3.07. The van der Waals surface area contributed by atoms with Crippen molar-refractivity contribution < 1.29 is 17.9 Å². The third kappa shape index (κ3) is 4.18. The molecular weight excluding hydrogens is 426 g/mol. The summed E-state index contributed by atoms with van der Waals surface area (Å²) < 4.78 is 32.4. The lowest BCUT2D eigenvalue weighted by Crippen LogP contribution is -2.40. The molecule has 1 amide bonds. The molecule has 1 fully saturated rings. The van der Waals surface area contributed by atoms with Crippen molar-refractivity contribution in [2.24, 2.45) is 0 Å². The number of carbonyl (C=O) groups is 1. The lowest BCUT2D eigenvalue weighted by Gasteiger charge is -2.26. The highest BCUT2D eigenvalue weighted by atomic mass is 35.5. The number of benzene rings is 2. The zero-order chi connectivity index (χ0) is 21.3. The first-order valence-electron chi connectivity index (χ1n) is 9.88. The van der Waals surface area contributed by atoms with E-state index in [0.29, 0.717) is 31.3 Å². The predicted octanol–water partition coefficient (Wildman–Crippen LogP) is 2.75. The van der Waals surface area contributed by atoms with Crippen molar-refractivity contribution >= 4 is 38.9 Å². The van der Waals surface area contributed by atoms with Crippen molar-refractivity contribution in [3.63, 3.8) is 0 Å². The molecule has 0 aliphatic carbocycles. The number of ether oxygens (including phenoxy) is 1. The number of anilines is 2. The quantitative estimate of drug-likeness (QED) is 0.759. The fraction of sp³-hybridized carbons (Fsp3) is 0.381. The van der Waals surface area contributed by atoms with Crippen LogP contribution in [0.15, 0.2) is 47.4 Å². The fourth-order valence-corrected chi connectivity index (χ4v) is 5.51. The predicted molar refractivity (Wildman–Crippen MR) is 117 cm³/mol. The van der Waals surface area contributed by atoms with Crippen molar-refractivity contribution in [3.05, 3.63) is 53.1 Å². The van der Waals surface area contributed by atoms with Gasteiger partial charge in [-0.15, -0.1) is 0 Å². The smallest absolute Gasteiger partial charge is 0.243 e. The molecule has 2 heterocycles. The first-order valence-corrected chi connectivity index (χ1v) is 11.7. The van der Waals surface area contributed by atoms with Crippen molar-refractivity contribution in [2.75, 3.05) is 43.1 Å². The summed E-state index contributed by atoms with van der Waals surface area (Å²) in [7, 11) is -3.68. The summed E-state index contributed by atoms with van der Waals surface area (Å²) in [5.74, 6) is -0.249. The molecule has 2 aliphatic heterocycles. The molecule has 1 saturated heterocycles. The minimum absolute atomic E-state index is 0.101. The second-order valence-electron chi connectivity index (χ2n) is 7.52. The number of fused-ring (bicyclic) bond motifs is 1. The first-order chi connectivity index (χ1) is 14.4. The Kier molecular flexibility index (Phi) is 6.02. The van der Waals surface area contributed by atoms with Crippen molar-refractivity contribution in [1.82, 2.24) is 4.31 Å². The first kappa shape index (κ1) is 21.1. The molecule has 160 valence electrons. The van der Waals surface area contributed by atoms with E-state index >= 15 is 0 Å². The van der Waals surface area contributed by atoms with Gasteiger partial charge in [0.2, 0.25) is 15.9 Å². The Balaban J connectivity index is 1.51. The second kappa shape index (κ2) is 8.55. The van der Waals surface area contributed by atoms with Crippen LogP contribution in [0.4, 0.5) is 11.4 Å². The molecule has 30 heavy (non-hydrogen) atoms. The van der Waals surface area contributed by atoms with Crippen LogP contribution >= 0.6 is 11.6 Å². The van der Waals surface area contributed by atoms with Gasteiger partial charge in [-0.05, 0) is 43.2 Å². The molecule has 7 nitrogen and oxygen atoms in total. The lowest BCUT2D eigenvalue weighted by molar-refractivity contribution is -0.115. The van der Waals surface area contributed by atoms with E-state index in [1.165, 1.54) is 28.1 Å². The van der Waals surface area contributed by atoms with Crippen molar-refractivity contribution in [2.45, 2.75) is 24.3 Å². The van der Waals surface area contributed by atoms with E-state index in [2.05, 4.69) is 18.3 Å². The Morgan fingerprint density at radius 1 is 1.20 bits per heavy atom. The Morgan fingerprint density at radius 3 is 2.70 bits per heavy atom. The number of carbonyl (C=O) groups excluding carboxylic acids is 1. The van der Waals surface area contributed by atoms with E-state index in [9.17, 15) is 13.2 Å². The molecule has 0 spiro atoms. The van der Waals surface area contributed by atoms with Gasteiger partial charge in [0.25, 0.3) is 0 Å². The van der Waals surface area contributed by atoms with Crippen LogP contribution in [0.25, 0.3) is 0 Å². The van der Waals surface area contributed by atoms with Gasteiger partial charge < -0.3 is 15.0 Å². The standard InChI is InChI=1S/C21H24ClN3O4S/c1-15-12-16-4-2-3-5-20(16)25(15)14-21(26)23-19-13-17(6-7-18(19)22)30(27,28)24-8-10-29-11-9-24/h2-7,13,15H,8-12,14H2,1H3,(H,23,26). The molecule has 4 rings (SSSR count). The average molecular weight is 450 g/mol. The highest BCUT2D eigenvalue weighted by Crippen LogP contribution is 2.32. The molecule has 0 bridgehead atoms.